The van der Waals surface area contributed by atoms with Crippen molar-refractivity contribution in [1.29, 1.82) is 0 Å². The van der Waals surface area contributed by atoms with Crippen molar-refractivity contribution in [3.8, 4) is 5.75 Å². The van der Waals surface area contributed by atoms with E-state index in [-0.39, 0.29) is 36.1 Å². The Balaban J connectivity index is 1.85. The number of carbonyl (C=O) groups excluding carboxylic acids is 2. The molecule has 1 amide bonds. The molecule has 0 aliphatic carbocycles. The number of para-hydroxylation sites is 1. The molecule has 0 atom stereocenters. The molecule has 1 aliphatic heterocycles. The van der Waals surface area contributed by atoms with Crippen molar-refractivity contribution >= 4 is 11.9 Å². The molecular weight excluding hydrogens is 298 g/mol. The van der Waals surface area contributed by atoms with Gasteiger partial charge in [-0.2, -0.15) is 5.10 Å². The monoisotopic (exact) mass is 315 g/mol. The zero-order chi connectivity index (χ0) is 16.4. The number of aromatic nitrogens is 2. The fourth-order valence-corrected chi connectivity index (χ4v) is 2.66. The number of ether oxygens (including phenoxy) is 1. The Morgan fingerprint density at radius 1 is 1.39 bits per heavy atom. The van der Waals surface area contributed by atoms with Crippen molar-refractivity contribution in [1.82, 2.24) is 15.1 Å². The van der Waals surface area contributed by atoms with Crippen molar-refractivity contribution in [2.75, 3.05) is 13.2 Å². The second-order valence-electron chi connectivity index (χ2n) is 5.24. The number of aromatic amines is 1. The Morgan fingerprint density at radius 2 is 2.17 bits per heavy atom. The number of nitrogens with one attached hydrogen (secondary N) is 1. The van der Waals surface area contributed by atoms with Gasteiger partial charge in [0.1, 0.15) is 5.75 Å². The van der Waals surface area contributed by atoms with Crippen LogP contribution in [0, 0.1) is 0 Å². The number of aromatic hydroxyl groups is 1. The Kier molecular flexibility index (Phi) is 4.01. The molecule has 7 heteroatoms. The van der Waals surface area contributed by atoms with Crippen LogP contribution in [0.5, 0.6) is 5.75 Å². The number of hydrogen-bond donors (Lipinski definition) is 2. The van der Waals surface area contributed by atoms with Crippen molar-refractivity contribution in [3.63, 3.8) is 0 Å². The SMILES string of the molecule is CCOC(=O)c1n[nH]c2c1CN(C(=O)c1ccccc1O)CC2. The smallest absolute Gasteiger partial charge is 0.359 e. The number of benzene rings is 1. The highest BCUT2D eigenvalue weighted by molar-refractivity contribution is 5.97. The molecule has 0 bridgehead atoms. The second kappa shape index (κ2) is 6.12. The van der Waals surface area contributed by atoms with E-state index in [0.29, 0.717) is 18.5 Å². The van der Waals surface area contributed by atoms with E-state index in [1.165, 1.54) is 6.07 Å². The number of hydrogen-bond acceptors (Lipinski definition) is 5. The number of rotatable bonds is 3. The van der Waals surface area contributed by atoms with E-state index in [1.54, 1.807) is 30.0 Å². The van der Waals surface area contributed by atoms with Gasteiger partial charge in [0, 0.05) is 24.2 Å². The van der Waals surface area contributed by atoms with Crippen LogP contribution in [0.2, 0.25) is 0 Å². The van der Waals surface area contributed by atoms with E-state index in [9.17, 15) is 14.7 Å². The van der Waals surface area contributed by atoms with Crippen molar-refractivity contribution in [2.45, 2.75) is 19.9 Å². The van der Waals surface area contributed by atoms with Gasteiger partial charge in [0.05, 0.1) is 18.7 Å². The van der Waals surface area contributed by atoms with Gasteiger partial charge in [-0.3, -0.25) is 9.89 Å². The summed E-state index contributed by atoms with van der Waals surface area (Å²) in [7, 11) is 0. The Morgan fingerprint density at radius 3 is 2.91 bits per heavy atom. The second-order valence-corrected chi connectivity index (χ2v) is 5.24. The largest absolute Gasteiger partial charge is 0.507 e. The molecule has 3 rings (SSSR count). The number of nitrogens with zero attached hydrogens (tertiary/aromatic N) is 2. The fourth-order valence-electron chi connectivity index (χ4n) is 2.66. The molecule has 0 unspecified atom stereocenters. The van der Waals surface area contributed by atoms with Crippen LogP contribution >= 0.6 is 0 Å². The zero-order valence-corrected chi connectivity index (χ0v) is 12.7. The topological polar surface area (TPSA) is 95.5 Å². The van der Waals surface area contributed by atoms with Crippen molar-refractivity contribution < 1.29 is 19.4 Å². The average molecular weight is 315 g/mol. The summed E-state index contributed by atoms with van der Waals surface area (Å²) in [5, 5.41) is 16.7. The first-order valence-electron chi connectivity index (χ1n) is 7.42. The lowest BCUT2D eigenvalue weighted by atomic mass is 10.0. The van der Waals surface area contributed by atoms with Crippen LogP contribution in [-0.2, 0) is 17.7 Å². The van der Waals surface area contributed by atoms with E-state index in [4.69, 9.17) is 4.74 Å². The summed E-state index contributed by atoms with van der Waals surface area (Å²) in [6, 6.07) is 6.42. The third kappa shape index (κ3) is 2.77. The highest BCUT2D eigenvalue weighted by Gasteiger charge is 2.29. The molecular formula is C16H17N3O4. The highest BCUT2D eigenvalue weighted by Crippen LogP contribution is 2.25. The Labute approximate surface area is 132 Å². The summed E-state index contributed by atoms with van der Waals surface area (Å²) in [5.74, 6) is -0.826. The molecule has 7 nitrogen and oxygen atoms in total. The number of carbonyl (C=O) groups is 2. The zero-order valence-electron chi connectivity index (χ0n) is 12.7. The third-order valence-electron chi connectivity index (χ3n) is 3.82. The molecule has 2 aromatic rings. The standard InChI is InChI=1S/C16H17N3O4/c1-2-23-16(22)14-11-9-19(8-7-12(11)17-18-14)15(21)10-5-3-4-6-13(10)20/h3-6,20H,2,7-9H2,1H3,(H,17,18). The van der Waals surface area contributed by atoms with Crippen LogP contribution in [0.15, 0.2) is 24.3 Å². The van der Waals surface area contributed by atoms with Crippen LogP contribution in [0.3, 0.4) is 0 Å². The Hall–Kier alpha value is -2.83. The lowest BCUT2D eigenvalue weighted by molar-refractivity contribution is 0.0513. The van der Waals surface area contributed by atoms with E-state index < -0.39 is 5.97 Å². The van der Waals surface area contributed by atoms with Crippen LogP contribution in [0.1, 0.15) is 39.0 Å². The summed E-state index contributed by atoms with van der Waals surface area (Å²) in [6.45, 7) is 2.74. The first-order chi connectivity index (χ1) is 11.1. The molecule has 1 aromatic carbocycles. The quantitative estimate of drug-likeness (QED) is 0.837. The number of H-pyrrole nitrogens is 1. The maximum absolute atomic E-state index is 12.6. The molecule has 1 aromatic heterocycles. The minimum absolute atomic E-state index is 0.0545. The number of phenols is 1. The van der Waals surface area contributed by atoms with Gasteiger partial charge < -0.3 is 14.7 Å². The van der Waals surface area contributed by atoms with E-state index in [1.807, 2.05) is 0 Å². The molecule has 0 spiro atoms. The molecule has 0 fully saturated rings. The lowest BCUT2D eigenvalue weighted by Crippen LogP contribution is -2.36. The number of esters is 1. The molecule has 2 heterocycles. The highest BCUT2D eigenvalue weighted by atomic mass is 16.5. The van der Waals surface area contributed by atoms with Gasteiger partial charge in [-0.05, 0) is 19.1 Å². The fraction of sp³-hybridized carbons (Fsp3) is 0.312. The summed E-state index contributed by atoms with van der Waals surface area (Å²) in [6.07, 6.45) is 0.571. The predicted octanol–water partition coefficient (Wildman–Crippen LogP) is 1.49. The lowest BCUT2D eigenvalue weighted by Gasteiger charge is -2.27. The molecule has 0 saturated carbocycles. The summed E-state index contributed by atoms with van der Waals surface area (Å²) < 4.78 is 4.99. The van der Waals surface area contributed by atoms with Gasteiger partial charge in [0.15, 0.2) is 5.69 Å². The maximum atomic E-state index is 12.6. The van der Waals surface area contributed by atoms with Crippen LogP contribution in [-0.4, -0.2) is 45.2 Å². The minimum atomic E-state index is -0.498. The average Bonchev–Trinajstić information content (AvgIpc) is 2.98. The van der Waals surface area contributed by atoms with Crippen LogP contribution in [0.4, 0.5) is 0 Å². The summed E-state index contributed by atoms with van der Waals surface area (Å²) >= 11 is 0. The van der Waals surface area contributed by atoms with Gasteiger partial charge in [0.2, 0.25) is 0 Å². The van der Waals surface area contributed by atoms with Crippen LogP contribution < -0.4 is 0 Å². The molecule has 23 heavy (non-hydrogen) atoms. The normalized spacial score (nSPS) is 13.5. The first-order valence-corrected chi connectivity index (χ1v) is 7.42. The molecule has 0 radical (unpaired) electrons. The Bertz CT molecular complexity index is 754. The number of fused-ring (bicyclic) bond motifs is 1. The maximum Gasteiger partial charge on any atom is 0.359 e. The van der Waals surface area contributed by atoms with Gasteiger partial charge in [0.25, 0.3) is 5.91 Å². The van der Waals surface area contributed by atoms with Gasteiger partial charge >= 0.3 is 5.97 Å². The van der Waals surface area contributed by atoms with E-state index in [0.717, 1.165) is 5.69 Å². The van der Waals surface area contributed by atoms with Crippen molar-refractivity contribution in [2.24, 2.45) is 0 Å². The minimum Gasteiger partial charge on any atom is -0.507 e. The van der Waals surface area contributed by atoms with Gasteiger partial charge in [-0.15, -0.1) is 0 Å². The summed E-state index contributed by atoms with van der Waals surface area (Å²) in [4.78, 5) is 26.1. The van der Waals surface area contributed by atoms with E-state index in [2.05, 4.69) is 10.2 Å². The van der Waals surface area contributed by atoms with Gasteiger partial charge in [-0.1, -0.05) is 12.1 Å². The molecule has 2 N–H and O–H groups in total. The molecule has 0 saturated heterocycles. The van der Waals surface area contributed by atoms with E-state index >= 15 is 0 Å². The first kappa shape index (κ1) is 15.1. The summed E-state index contributed by atoms with van der Waals surface area (Å²) in [5.41, 5.74) is 1.99. The van der Waals surface area contributed by atoms with Crippen molar-refractivity contribution in [3.05, 3.63) is 46.8 Å². The number of phenolic OH excluding ortho intramolecular Hbond substituents is 1. The third-order valence-corrected chi connectivity index (χ3v) is 3.82. The van der Waals surface area contributed by atoms with Crippen LogP contribution in [0.25, 0.3) is 0 Å². The molecule has 120 valence electrons. The number of amides is 1. The van der Waals surface area contributed by atoms with Gasteiger partial charge in [-0.25, -0.2) is 4.79 Å². The molecule has 1 aliphatic rings. The predicted molar refractivity (Wildman–Crippen MR) is 81.1 cm³/mol.